The van der Waals surface area contributed by atoms with Crippen LogP contribution in [0, 0.1) is 5.92 Å². The second-order valence-electron chi connectivity index (χ2n) is 4.27. The van der Waals surface area contributed by atoms with Crippen molar-refractivity contribution < 1.29 is 14.3 Å². The predicted octanol–water partition coefficient (Wildman–Crippen LogP) is 1.98. The van der Waals surface area contributed by atoms with Crippen LogP contribution in [0.25, 0.3) is 0 Å². The van der Waals surface area contributed by atoms with Crippen molar-refractivity contribution in [3.63, 3.8) is 0 Å². The molecule has 0 radical (unpaired) electrons. The molecule has 0 aromatic rings. The highest BCUT2D eigenvalue weighted by atomic mass is 16.5. The molecule has 102 valence electrons. The van der Waals surface area contributed by atoms with Gasteiger partial charge in [-0.15, -0.1) is 0 Å². The molecule has 1 unspecified atom stereocenters. The minimum atomic E-state index is -0.170. The van der Waals surface area contributed by atoms with Gasteiger partial charge in [-0.2, -0.15) is 0 Å². The second-order valence-corrected chi connectivity index (χ2v) is 4.27. The summed E-state index contributed by atoms with van der Waals surface area (Å²) in [5, 5.41) is 2.97. The number of esters is 1. The van der Waals surface area contributed by atoms with Crippen LogP contribution in [0.15, 0.2) is 0 Å². The number of nitrogens with one attached hydrogen (secondary N) is 1. The van der Waals surface area contributed by atoms with E-state index in [9.17, 15) is 4.79 Å². The second kappa shape index (κ2) is 11.9. The summed E-state index contributed by atoms with van der Waals surface area (Å²) < 4.78 is 10.1. The molecule has 0 aliphatic rings. The average molecular weight is 245 g/mol. The molecule has 0 aromatic carbocycles. The molecule has 0 aliphatic carbocycles. The Morgan fingerprint density at radius 2 is 2.12 bits per heavy atom. The van der Waals surface area contributed by atoms with Crippen LogP contribution in [0.2, 0.25) is 0 Å². The lowest BCUT2D eigenvalue weighted by atomic mass is 10.0. The van der Waals surface area contributed by atoms with Gasteiger partial charge in [0.05, 0.1) is 19.8 Å². The number of methoxy groups -OCH3 is 1. The lowest BCUT2D eigenvalue weighted by Crippen LogP contribution is -2.28. The van der Waals surface area contributed by atoms with Crippen LogP contribution in [-0.2, 0) is 14.3 Å². The van der Waals surface area contributed by atoms with Gasteiger partial charge in [0, 0.05) is 13.7 Å². The summed E-state index contributed by atoms with van der Waals surface area (Å²) in [5.74, 6) is 0.342. The van der Waals surface area contributed by atoms with Crippen LogP contribution in [0.1, 0.15) is 39.5 Å². The lowest BCUT2D eigenvalue weighted by molar-refractivity contribution is -0.144. The molecule has 4 heteroatoms. The van der Waals surface area contributed by atoms with Crippen LogP contribution in [0.3, 0.4) is 0 Å². The van der Waals surface area contributed by atoms with E-state index in [1.807, 2.05) is 0 Å². The number of carbonyl (C=O) groups is 1. The minimum absolute atomic E-state index is 0.170. The third-order valence-corrected chi connectivity index (χ3v) is 2.78. The first-order chi connectivity index (χ1) is 8.24. The minimum Gasteiger partial charge on any atom is -0.464 e. The standard InChI is InChI=1S/C13H27NO3/c1-4-6-7-12(5-2)11-17-13(15)10-14-8-9-16-3/h12,14H,4-11H2,1-3H3. The van der Waals surface area contributed by atoms with E-state index < -0.39 is 0 Å². The molecule has 4 nitrogen and oxygen atoms in total. The van der Waals surface area contributed by atoms with Gasteiger partial charge in [-0.05, 0) is 12.3 Å². The summed E-state index contributed by atoms with van der Waals surface area (Å²) in [6.07, 6.45) is 4.63. The molecule has 0 fully saturated rings. The van der Waals surface area contributed by atoms with Crippen molar-refractivity contribution in [2.75, 3.05) is 33.4 Å². The van der Waals surface area contributed by atoms with E-state index in [1.165, 1.54) is 12.8 Å². The van der Waals surface area contributed by atoms with Crippen LogP contribution < -0.4 is 5.32 Å². The van der Waals surface area contributed by atoms with E-state index in [0.717, 1.165) is 12.8 Å². The first kappa shape index (κ1) is 16.4. The zero-order chi connectivity index (χ0) is 12.9. The first-order valence-electron chi connectivity index (χ1n) is 6.59. The molecular weight excluding hydrogens is 218 g/mol. The van der Waals surface area contributed by atoms with E-state index >= 15 is 0 Å². The fourth-order valence-electron chi connectivity index (χ4n) is 1.52. The van der Waals surface area contributed by atoms with Crippen LogP contribution >= 0.6 is 0 Å². The van der Waals surface area contributed by atoms with Crippen LogP contribution in [-0.4, -0.2) is 39.4 Å². The Hall–Kier alpha value is -0.610. The summed E-state index contributed by atoms with van der Waals surface area (Å²) >= 11 is 0. The molecule has 0 aromatic heterocycles. The van der Waals surface area contributed by atoms with Gasteiger partial charge in [-0.1, -0.05) is 33.1 Å². The Balaban J connectivity index is 3.52. The first-order valence-corrected chi connectivity index (χ1v) is 6.59. The number of unbranched alkanes of at least 4 members (excludes halogenated alkanes) is 1. The Labute approximate surface area is 105 Å². The maximum atomic E-state index is 11.4. The van der Waals surface area contributed by atoms with Crippen molar-refractivity contribution in [3.8, 4) is 0 Å². The number of hydrogen-bond acceptors (Lipinski definition) is 4. The number of ether oxygens (including phenoxy) is 2. The SMILES string of the molecule is CCCCC(CC)COC(=O)CNCCOC. The molecule has 0 heterocycles. The van der Waals surface area contributed by atoms with Crippen LogP contribution in [0.5, 0.6) is 0 Å². The fraction of sp³-hybridized carbons (Fsp3) is 0.923. The molecule has 17 heavy (non-hydrogen) atoms. The zero-order valence-corrected chi connectivity index (χ0v) is 11.5. The summed E-state index contributed by atoms with van der Waals surface area (Å²) in [4.78, 5) is 11.4. The van der Waals surface area contributed by atoms with Gasteiger partial charge in [0.2, 0.25) is 0 Å². The molecule has 0 aliphatic heterocycles. The summed E-state index contributed by atoms with van der Waals surface area (Å²) in [6.45, 7) is 6.44. The van der Waals surface area contributed by atoms with E-state index in [-0.39, 0.29) is 12.5 Å². The molecule has 0 saturated heterocycles. The maximum Gasteiger partial charge on any atom is 0.319 e. The maximum absolute atomic E-state index is 11.4. The average Bonchev–Trinajstić information content (AvgIpc) is 2.35. The van der Waals surface area contributed by atoms with Crippen molar-refractivity contribution in [1.29, 1.82) is 0 Å². The van der Waals surface area contributed by atoms with Crippen LogP contribution in [0.4, 0.5) is 0 Å². The Kier molecular flexibility index (Phi) is 11.4. The molecular formula is C13H27NO3. The van der Waals surface area contributed by atoms with Crippen molar-refractivity contribution in [2.24, 2.45) is 5.92 Å². The van der Waals surface area contributed by atoms with E-state index in [1.54, 1.807) is 7.11 Å². The number of rotatable bonds is 11. The van der Waals surface area contributed by atoms with E-state index in [0.29, 0.717) is 25.7 Å². The van der Waals surface area contributed by atoms with Gasteiger partial charge >= 0.3 is 5.97 Å². The molecule has 0 rings (SSSR count). The largest absolute Gasteiger partial charge is 0.464 e. The highest BCUT2D eigenvalue weighted by Gasteiger charge is 2.09. The van der Waals surface area contributed by atoms with Crippen molar-refractivity contribution in [2.45, 2.75) is 39.5 Å². The summed E-state index contributed by atoms with van der Waals surface area (Å²) in [7, 11) is 1.64. The van der Waals surface area contributed by atoms with Gasteiger partial charge < -0.3 is 14.8 Å². The Morgan fingerprint density at radius 1 is 1.35 bits per heavy atom. The predicted molar refractivity (Wildman–Crippen MR) is 69.0 cm³/mol. The Morgan fingerprint density at radius 3 is 2.71 bits per heavy atom. The molecule has 0 spiro atoms. The molecule has 1 N–H and O–H groups in total. The summed E-state index contributed by atoms with van der Waals surface area (Å²) in [6, 6.07) is 0. The third-order valence-electron chi connectivity index (χ3n) is 2.78. The normalized spacial score (nSPS) is 12.4. The third kappa shape index (κ3) is 10.3. The summed E-state index contributed by atoms with van der Waals surface area (Å²) in [5.41, 5.74) is 0. The number of carbonyl (C=O) groups excluding carboxylic acids is 1. The molecule has 0 saturated carbocycles. The molecule has 0 amide bonds. The van der Waals surface area contributed by atoms with E-state index in [2.05, 4.69) is 19.2 Å². The van der Waals surface area contributed by atoms with Gasteiger partial charge in [-0.3, -0.25) is 4.79 Å². The van der Waals surface area contributed by atoms with Crippen molar-refractivity contribution in [3.05, 3.63) is 0 Å². The zero-order valence-electron chi connectivity index (χ0n) is 11.5. The smallest absolute Gasteiger partial charge is 0.319 e. The highest BCUT2D eigenvalue weighted by Crippen LogP contribution is 2.12. The highest BCUT2D eigenvalue weighted by molar-refractivity contribution is 5.71. The van der Waals surface area contributed by atoms with Gasteiger partial charge in [0.1, 0.15) is 0 Å². The van der Waals surface area contributed by atoms with Crippen molar-refractivity contribution >= 4 is 5.97 Å². The Bertz CT molecular complexity index is 186. The fourth-order valence-corrected chi connectivity index (χ4v) is 1.52. The number of hydrogen-bond donors (Lipinski definition) is 1. The van der Waals surface area contributed by atoms with E-state index in [4.69, 9.17) is 9.47 Å². The quantitative estimate of drug-likeness (QED) is 0.447. The molecule has 1 atom stereocenters. The molecule has 0 bridgehead atoms. The lowest BCUT2D eigenvalue weighted by Gasteiger charge is -2.14. The van der Waals surface area contributed by atoms with Gasteiger partial charge in [0.15, 0.2) is 0 Å². The topological polar surface area (TPSA) is 47.6 Å². The van der Waals surface area contributed by atoms with Crippen molar-refractivity contribution in [1.82, 2.24) is 5.32 Å². The monoisotopic (exact) mass is 245 g/mol. The van der Waals surface area contributed by atoms with Gasteiger partial charge in [0.25, 0.3) is 0 Å². The van der Waals surface area contributed by atoms with Gasteiger partial charge in [-0.25, -0.2) is 0 Å².